The van der Waals surface area contributed by atoms with Gasteiger partial charge in [-0.2, -0.15) is 0 Å². The quantitative estimate of drug-likeness (QED) is 0.649. The van der Waals surface area contributed by atoms with Gasteiger partial charge in [0, 0.05) is 27.8 Å². The molecule has 0 aliphatic carbocycles. The van der Waals surface area contributed by atoms with Gasteiger partial charge in [-0.25, -0.2) is 0 Å². The minimum absolute atomic E-state index is 0.804. The summed E-state index contributed by atoms with van der Waals surface area (Å²) < 4.78 is 11.9. The molecule has 1 N–H and O–H groups in total. The number of ether oxygens (including phenoxy) is 2. The number of allylic oxidation sites excluding steroid dienone is 1. The highest BCUT2D eigenvalue weighted by Gasteiger charge is 2.41. The zero-order valence-electron chi connectivity index (χ0n) is 16.8. The van der Waals surface area contributed by atoms with E-state index in [1.807, 2.05) is 79.8 Å². The zero-order valence-corrected chi connectivity index (χ0v) is 16.8. The second kappa shape index (κ2) is 7.87. The third-order valence-electron chi connectivity index (χ3n) is 5.28. The number of para-hydroxylation sites is 1. The van der Waals surface area contributed by atoms with Crippen molar-refractivity contribution in [3.8, 4) is 23.3 Å². The number of fused-ring (bicyclic) bond motifs is 1. The average molecular weight is 381 g/mol. The zero-order chi connectivity index (χ0) is 20.3. The van der Waals surface area contributed by atoms with E-state index in [9.17, 15) is 0 Å². The molecule has 0 unspecified atom stereocenters. The number of likely N-dealkylation sites (N-methyl/N-ethyl adjacent to an activating group) is 1. The van der Waals surface area contributed by atoms with Gasteiger partial charge in [-0.05, 0) is 62.5 Å². The summed E-state index contributed by atoms with van der Waals surface area (Å²) in [4.78, 5) is 0. The normalized spacial score (nSPS) is 17.6. The van der Waals surface area contributed by atoms with E-state index in [2.05, 4.69) is 30.1 Å². The SMILES string of the molecule is CN[C@@]1(c2ccc(OC)cc2)Oc2ccccc2C(C#Cc2ccccc2)=C1C. The molecular weight excluding hydrogens is 358 g/mol. The Labute approximate surface area is 172 Å². The summed E-state index contributed by atoms with van der Waals surface area (Å²) in [6.07, 6.45) is 0. The minimum Gasteiger partial charge on any atom is -0.497 e. The van der Waals surface area contributed by atoms with Gasteiger partial charge in [-0.1, -0.05) is 42.2 Å². The fourth-order valence-electron chi connectivity index (χ4n) is 3.68. The number of nitrogens with one attached hydrogen (secondary N) is 1. The summed E-state index contributed by atoms with van der Waals surface area (Å²) in [7, 11) is 3.57. The Kier molecular flexibility index (Phi) is 5.12. The van der Waals surface area contributed by atoms with Crippen molar-refractivity contribution in [1.82, 2.24) is 5.32 Å². The third-order valence-corrected chi connectivity index (χ3v) is 5.28. The van der Waals surface area contributed by atoms with E-state index in [-0.39, 0.29) is 0 Å². The van der Waals surface area contributed by atoms with Crippen LogP contribution in [0.3, 0.4) is 0 Å². The van der Waals surface area contributed by atoms with Crippen molar-refractivity contribution in [2.75, 3.05) is 14.2 Å². The highest BCUT2D eigenvalue weighted by Crippen LogP contribution is 2.44. The monoisotopic (exact) mass is 381 g/mol. The highest BCUT2D eigenvalue weighted by molar-refractivity contribution is 5.87. The van der Waals surface area contributed by atoms with Gasteiger partial charge < -0.3 is 9.47 Å². The molecular formula is C26H23NO2. The molecule has 0 fully saturated rings. The summed E-state index contributed by atoms with van der Waals surface area (Å²) >= 11 is 0. The highest BCUT2D eigenvalue weighted by atomic mass is 16.5. The third kappa shape index (κ3) is 3.40. The first-order chi connectivity index (χ1) is 14.2. The molecule has 1 atom stereocenters. The second-order valence-electron chi connectivity index (χ2n) is 6.87. The lowest BCUT2D eigenvalue weighted by Crippen LogP contribution is -2.48. The molecule has 1 aliphatic heterocycles. The van der Waals surface area contributed by atoms with Crippen molar-refractivity contribution < 1.29 is 9.47 Å². The second-order valence-corrected chi connectivity index (χ2v) is 6.87. The Morgan fingerprint density at radius 1 is 0.862 bits per heavy atom. The molecule has 0 aromatic heterocycles. The van der Waals surface area contributed by atoms with Crippen LogP contribution in [0.5, 0.6) is 11.5 Å². The van der Waals surface area contributed by atoms with Crippen LogP contribution in [-0.2, 0) is 5.72 Å². The Morgan fingerprint density at radius 2 is 1.55 bits per heavy atom. The van der Waals surface area contributed by atoms with Gasteiger partial charge in [0.1, 0.15) is 11.5 Å². The first kappa shape index (κ1) is 18.9. The van der Waals surface area contributed by atoms with Crippen LogP contribution in [0.15, 0.2) is 84.4 Å². The van der Waals surface area contributed by atoms with E-state index in [1.165, 1.54) is 0 Å². The molecule has 3 aromatic rings. The first-order valence-electron chi connectivity index (χ1n) is 9.58. The van der Waals surface area contributed by atoms with Crippen LogP contribution in [0.2, 0.25) is 0 Å². The molecule has 0 spiro atoms. The lowest BCUT2D eigenvalue weighted by atomic mass is 9.85. The molecule has 0 saturated carbocycles. The van der Waals surface area contributed by atoms with E-state index in [0.29, 0.717) is 0 Å². The van der Waals surface area contributed by atoms with Crippen molar-refractivity contribution >= 4 is 5.57 Å². The Bertz CT molecular complexity index is 1100. The van der Waals surface area contributed by atoms with Crippen LogP contribution < -0.4 is 14.8 Å². The van der Waals surface area contributed by atoms with Crippen LogP contribution in [-0.4, -0.2) is 14.2 Å². The number of hydrogen-bond donors (Lipinski definition) is 1. The standard InChI is InChI=1S/C26H23NO2/c1-19-23(18-13-20-9-5-4-6-10-20)24-11-7-8-12-25(24)29-26(19,27-2)21-14-16-22(28-3)17-15-21/h4-12,14-17,27H,1-3H3/t26-/m1/s1. The van der Waals surface area contributed by atoms with Gasteiger partial charge in [0.05, 0.1) is 7.11 Å². The van der Waals surface area contributed by atoms with Gasteiger partial charge >= 0.3 is 0 Å². The molecule has 1 aliphatic rings. The maximum Gasteiger partial charge on any atom is 0.210 e. The summed E-state index contributed by atoms with van der Waals surface area (Å²) in [5.41, 5.74) is 4.17. The summed E-state index contributed by atoms with van der Waals surface area (Å²) in [5.74, 6) is 8.33. The summed E-state index contributed by atoms with van der Waals surface area (Å²) in [6.45, 7) is 2.08. The predicted molar refractivity (Wildman–Crippen MR) is 117 cm³/mol. The average Bonchev–Trinajstić information content (AvgIpc) is 2.79. The minimum atomic E-state index is -0.804. The molecule has 1 heterocycles. The van der Waals surface area contributed by atoms with Crippen LogP contribution in [0.25, 0.3) is 5.57 Å². The molecule has 0 saturated heterocycles. The Morgan fingerprint density at radius 3 is 2.24 bits per heavy atom. The fourth-order valence-corrected chi connectivity index (χ4v) is 3.68. The van der Waals surface area contributed by atoms with E-state index in [4.69, 9.17) is 9.47 Å². The summed E-state index contributed by atoms with van der Waals surface area (Å²) in [5, 5.41) is 3.40. The van der Waals surface area contributed by atoms with Gasteiger partial charge in [-0.15, -0.1) is 0 Å². The molecule has 144 valence electrons. The fraction of sp³-hybridized carbons (Fsp3) is 0.154. The van der Waals surface area contributed by atoms with Crippen molar-refractivity contribution in [2.45, 2.75) is 12.6 Å². The Balaban J connectivity index is 1.90. The maximum absolute atomic E-state index is 6.55. The molecule has 3 heteroatoms. The van der Waals surface area contributed by atoms with Crippen LogP contribution in [0, 0.1) is 11.8 Å². The lowest BCUT2D eigenvalue weighted by molar-refractivity contribution is 0.0729. The van der Waals surface area contributed by atoms with Gasteiger partial charge in [0.15, 0.2) is 0 Å². The molecule has 0 bridgehead atoms. The molecule has 29 heavy (non-hydrogen) atoms. The Hall–Kier alpha value is -3.48. The van der Waals surface area contributed by atoms with E-state index in [1.54, 1.807) is 7.11 Å². The van der Waals surface area contributed by atoms with E-state index in [0.717, 1.165) is 39.3 Å². The van der Waals surface area contributed by atoms with E-state index >= 15 is 0 Å². The van der Waals surface area contributed by atoms with Crippen LogP contribution >= 0.6 is 0 Å². The van der Waals surface area contributed by atoms with Gasteiger partial charge in [0.2, 0.25) is 5.72 Å². The smallest absolute Gasteiger partial charge is 0.210 e. The number of rotatable bonds is 3. The first-order valence-corrected chi connectivity index (χ1v) is 9.58. The van der Waals surface area contributed by atoms with Crippen molar-refractivity contribution in [3.63, 3.8) is 0 Å². The number of methoxy groups -OCH3 is 1. The van der Waals surface area contributed by atoms with Crippen molar-refractivity contribution in [3.05, 3.63) is 101 Å². The van der Waals surface area contributed by atoms with Gasteiger partial charge in [-0.3, -0.25) is 5.32 Å². The predicted octanol–water partition coefficient (Wildman–Crippen LogP) is 4.99. The lowest BCUT2D eigenvalue weighted by Gasteiger charge is -2.40. The molecule has 3 aromatic carbocycles. The topological polar surface area (TPSA) is 30.5 Å². The molecule has 3 nitrogen and oxygen atoms in total. The van der Waals surface area contributed by atoms with Crippen molar-refractivity contribution in [2.24, 2.45) is 0 Å². The maximum atomic E-state index is 6.55. The number of hydrogen-bond acceptors (Lipinski definition) is 3. The molecule has 0 amide bonds. The van der Waals surface area contributed by atoms with E-state index < -0.39 is 5.72 Å². The summed E-state index contributed by atoms with van der Waals surface area (Å²) in [6, 6.07) is 26.0. The van der Waals surface area contributed by atoms with Crippen LogP contribution in [0.4, 0.5) is 0 Å². The van der Waals surface area contributed by atoms with Crippen molar-refractivity contribution in [1.29, 1.82) is 0 Å². The molecule has 0 radical (unpaired) electrons. The van der Waals surface area contributed by atoms with Crippen LogP contribution in [0.1, 0.15) is 23.6 Å². The number of benzene rings is 3. The molecule has 4 rings (SSSR count). The largest absolute Gasteiger partial charge is 0.497 e. The van der Waals surface area contributed by atoms with Gasteiger partial charge in [0.25, 0.3) is 0 Å².